The zero-order chi connectivity index (χ0) is 13.1. The molecule has 98 valence electrons. The van der Waals surface area contributed by atoms with E-state index in [-0.39, 0.29) is 12.1 Å². The van der Waals surface area contributed by atoms with Gasteiger partial charge in [-0.2, -0.15) is 0 Å². The number of carbonyl (C=O) groups excluding carboxylic acids is 1. The highest BCUT2D eigenvalue weighted by atomic mass is 16.2. The van der Waals surface area contributed by atoms with Crippen molar-refractivity contribution in [3.63, 3.8) is 0 Å². The quantitative estimate of drug-likeness (QED) is 0.889. The van der Waals surface area contributed by atoms with Crippen molar-refractivity contribution in [3.8, 4) is 0 Å². The molecule has 0 aliphatic heterocycles. The van der Waals surface area contributed by atoms with E-state index in [0.29, 0.717) is 5.92 Å². The Labute approximate surface area is 108 Å². The van der Waals surface area contributed by atoms with Gasteiger partial charge < -0.3 is 10.2 Å². The van der Waals surface area contributed by atoms with Crippen molar-refractivity contribution >= 4 is 11.7 Å². The lowest BCUT2D eigenvalue weighted by Crippen LogP contribution is -2.41. The number of anilines is 1. The number of carbonyl (C=O) groups is 1. The van der Waals surface area contributed by atoms with E-state index < -0.39 is 0 Å². The van der Waals surface area contributed by atoms with Crippen LogP contribution >= 0.6 is 0 Å². The first-order chi connectivity index (χ1) is 8.58. The maximum absolute atomic E-state index is 12.2. The van der Waals surface area contributed by atoms with Gasteiger partial charge in [0.05, 0.1) is 11.9 Å². The molecule has 2 amide bonds. The summed E-state index contributed by atoms with van der Waals surface area (Å²) >= 11 is 0. The third-order valence-electron chi connectivity index (χ3n) is 3.50. The van der Waals surface area contributed by atoms with Gasteiger partial charge >= 0.3 is 6.03 Å². The molecule has 1 saturated carbocycles. The minimum absolute atomic E-state index is 0.0305. The number of nitrogens with one attached hydrogen (secondary N) is 1. The van der Waals surface area contributed by atoms with Gasteiger partial charge in [-0.25, -0.2) is 4.79 Å². The van der Waals surface area contributed by atoms with Crippen LogP contribution in [0.25, 0.3) is 0 Å². The molecule has 1 heterocycles. The Kier molecular flexibility index (Phi) is 3.84. The highest BCUT2D eigenvalue weighted by Crippen LogP contribution is 2.38. The minimum Gasteiger partial charge on any atom is -0.322 e. The van der Waals surface area contributed by atoms with Crippen LogP contribution in [0.15, 0.2) is 24.5 Å². The lowest BCUT2D eigenvalue weighted by Gasteiger charge is -2.27. The number of nitrogens with zero attached hydrogens (tertiary/aromatic N) is 2. The van der Waals surface area contributed by atoms with E-state index in [9.17, 15) is 4.79 Å². The van der Waals surface area contributed by atoms with Crippen LogP contribution in [0.1, 0.15) is 27.2 Å². The highest BCUT2D eigenvalue weighted by molar-refractivity contribution is 5.89. The molecule has 18 heavy (non-hydrogen) atoms. The van der Waals surface area contributed by atoms with Crippen molar-refractivity contribution < 1.29 is 4.79 Å². The van der Waals surface area contributed by atoms with Crippen LogP contribution < -0.4 is 5.32 Å². The standard InChI is InChI=1S/C14H21N3O/c1-10(2)17(9-12-7-11(12)3)14(18)16-13-5-4-6-15-8-13/h4-6,8,10-12H,7,9H2,1-3H3,(H,16,18)/t11-,12+/m1/s1. The smallest absolute Gasteiger partial charge is 0.322 e. The zero-order valence-corrected chi connectivity index (χ0v) is 11.3. The first-order valence-corrected chi connectivity index (χ1v) is 6.55. The molecular weight excluding hydrogens is 226 g/mol. The molecule has 1 aliphatic rings. The van der Waals surface area contributed by atoms with Crippen molar-refractivity contribution in [2.45, 2.75) is 33.2 Å². The Morgan fingerprint density at radius 3 is 2.83 bits per heavy atom. The summed E-state index contributed by atoms with van der Waals surface area (Å²) in [5.41, 5.74) is 0.747. The Bertz CT molecular complexity index is 405. The largest absolute Gasteiger partial charge is 0.322 e. The van der Waals surface area contributed by atoms with Crippen LogP contribution in [0.5, 0.6) is 0 Å². The molecule has 4 heteroatoms. The summed E-state index contributed by atoms with van der Waals surface area (Å²) in [6.07, 6.45) is 4.60. The van der Waals surface area contributed by atoms with Crippen molar-refractivity contribution in [1.29, 1.82) is 0 Å². The van der Waals surface area contributed by atoms with Gasteiger partial charge in [-0.3, -0.25) is 4.98 Å². The summed E-state index contributed by atoms with van der Waals surface area (Å²) in [5.74, 6) is 1.43. The van der Waals surface area contributed by atoms with Crippen LogP contribution in [0.2, 0.25) is 0 Å². The number of rotatable bonds is 4. The topological polar surface area (TPSA) is 45.2 Å². The lowest BCUT2D eigenvalue weighted by molar-refractivity contribution is 0.193. The minimum atomic E-state index is -0.0305. The number of hydrogen-bond donors (Lipinski definition) is 1. The number of pyridine rings is 1. The van der Waals surface area contributed by atoms with Crippen LogP contribution in [0.4, 0.5) is 10.5 Å². The van der Waals surface area contributed by atoms with E-state index in [1.54, 1.807) is 12.4 Å². The molecule has 1 aromatic rings. The van der Waals surface area contributed by atoms with Gasteiger partial charge in [0.25, 0.3) is 0 Å². The molecule has 1 aliphatic carbocycles. The molecule has 2 atom stereocenters. The lowest BCUT2D eigenvalue weighted by atomic mass is 10.2. The van der Waals surface area contributed by atoms with E-state index in [1.807, 2.05) is 17.0 Å². The molecule has 1 fully saturated rings. The van der Waals surface area contributed by atoms with Crippen molar-refractivity contribution in [3.05, 3.63) is 24.5 Å². The summed E-state index contributed by atoms with van der Waals surface area (Å²) < 4.78 is 0. The second-order valence-corrected chi connectivity index (χ2v) is 5.39. The van der Waals surface area contributed by atoms with Crippen molar-refractivity contribution in [2.24, 2.45) is 11.8 Å². The summed E-state index contributed by atoms with van der Waals surface area (Å²) in [4.78, 5) is 18.1. The molecule has 0 spiro atoms. The molecule has 0 radical (unpaired) electrons. The van der Waals surface area contributed by atoms with Gasteiger partial charge in [0.15, 0.2) is 0 Å². The Morgan fingerprint density at radius 2 is 2.33 bits per heavy atom. The second-order valence-electron chi connectivity index (χ2n) is 5.39. The van der Waals surface area contributed by atoms with Crippen molar-refractivity contribution in [1.82, 2.24) is 9.88 Å². The van der Waals surface area contributed by atoms with E-state index in [1.165, 1.54) is 6.42 Å². The highest BCUT2D eigenvalue weighted by Gasteiger charge is 2.35. The average Bonchev–Trinajstić information content (AvgIpc) is 3.03. The van der Waals surface area contributed by atoms with Gasteiger partial charge in [-0.05, 0) is 44.2 Å². The maximum atomic E-state index is 12.2. The summed E-state index contributed by atoms with van der Waals surface area (Å²) in [6, 6.07) is 3.85. The number of amides is 2. The van der Waals surface area contributed by atoms with Crippen LogP contribution in [0.3, 0.4) is 0 Å². The molecule has 0 aromatic carbocycles. The van der Waals surface area contributed by atoms with Crippen LogP contribution in [0, 0.1) is 11.8 Å². The third-order valence-corrected chi connectivity index (χ3v) is 3.50. The van der Waals surface area contributed by atoms with E-state index in [2.05, 4.69) is 31.1 Å². The normalized spacial score (nSPS) is 21.8. The predicted octanol–water partition coefficient (Wildman–Crippen LogP) is 2.98. The van der Waals surface area contributed by atoms with E-state index in [4.69, 9.17) is 0 Å². The van der Waals surface area contributed by atoms with E-state index in [0.717, 1.165) is 18.2 Å². The summed E-state index contributed by atoms with van der Waals surface area (Å²) in [7, 11) is 0. The summed E-state index contributed by atoms with van der Waals surface area (Å²) in [5, 5.41) is 2.90. The van der Waals surface area contributed by atoms with E-state index >= 15 is 0 Å². The van der Waals surface area contributed by atoms with Gasteiger partial charge in [0.2, 0.25) is 0 Å². The first-order valence-electron chi connectivity index (χ1n) is 6.55. The fourth-order valence-electron chi connectivity index (χ4n) is 2.07. The molecular formula is C14H21N3O. The fraction of sp³-hybridized carbons (Fsp3) is 0.571. The predicted molar refractivity (Wildman–Crippen MR) is 72.4 cm³/mol. The van der Waals surface area contributed by atoms with Gasteiger partial charge in [0, 0.05) is 18.8 Å². The van der Waals surface area contributed by atoms with Crippen molar-refractivity contribution in [2.75, 3.05) is 11.9 Å². The third kappa shape index (κ3) is 3.22. The Hall–Kier alpha value is -1.58. The van der Waals surface area contributed by atoms with Gasteiger partial charge in [-0.1, -0.05) is 6.92 Å². The van der Waals surface area contributed by atoms with Crippen LogP contribution in [-0.4, -0.2) is 28.5 Å². The molecule has 0 saturated heterocycles. The van der Waals surface area contributed by atoms with Crippen LogP contribution in [-0.2, 0) is 0 Å². The Balaban J connectivity index is 1.95. The summed E-state index contributed by atoms with van der Waals surface area (Å²) in [6.45, 7) is 7.19. The molecule has 1 N–H and O–H groups in total. The second kappa shape index (κ2) is 5.38. The molecule has 2 rings (SSSR count). The number of hydrogen-bond acceptors (Lipinski definition) is 2. The molecule has 0 bridgehead atoms. The number of aromatic nitrogens is 1. The molecule has 4 nitrogen and oxygen atoms in total. The average molecular weight is 247 g/mol. The molecule has 0 unspecified atom stereocenters. The monoisotopic (exact) mass is 247 g/mol. The van der Waals surface area contributed by atoms with Gasteiger partial charge in [-0.15, -0.1) is 0 Å². The molecule has 1 aromatic heterocycles. The SMILES string of the molecule is CC(C)N(C[C@@H]1C[C@H]1C)C(=O)Nc1cccnc1. The number of urea groups is 1. The first kappa shape index (κ1) is 12.9. The fourth-order valence-corrected chi connectivity index (χ4v) is 2.07. The van der Waals surface area contributed by atoms with Gasteiger partial charge in [0.1, 0.15) is 0 Å². The zero-order valence-electron chi connectivity index (χ0n) is 11.3. The maximum Gasteiger partial charge on any atom is 0.322 e. The Morgan fingerprint density at radius 1 is 1.61 bits per heavy atom.